The number of nitrogens with one attached hydrogen (secondary N) is 1. The van der Waals surface area contributed by atoms with E-state index in [9.17, 15) is 27.6 Å². The molecule has 1 N–H and O–H groups in total. The van der Waals surface area contributed by atoms with Crippen molar-refractivity contribution in [3.63, 3.8) is 0 Å². The van der Waals surface area contributed by atoms with Crippen LogP contribution in [0, 0.1) is 11.8 Å². The number of fused-ring (bicyclic) bond motifs is 1. The summed E-state index contributed by atoms with van der Waals surface area (Å²) in [6.07, 6.45) is -1.79. The van der Waals surface area contributed by atoms with Gasteiger partial charge < -0.3 is 5.32 Å². The van der Waals surface area contributed by atoms with E-state index >= 15 is 0 Å². The summed E-state index contributed by atoms with van der Waals surface area (Å²) in [4.78, 5) is 39.9. The Hall–Kier alpha value is -3.42. The summed E-state index contributed by atoms with van der Waals surface area (Å²) in [5, 5.41) is 2.28. The number of carbonyl (C=O) groups is 3. The van der Waals surface area contributed by atoms with Crippen LogP contribution in [0.3, 0.4) is 0 Å². The number of rotatable bonds is 3. The average Bonchev–Trinajstić information content (AvgIpc) is 2.97. The Morgan fingerprint density at radius 3 is 2.39 bits per heavy atom. The summed E-state index contributed by atoms with van der Waals surface area (Å²) in [5.41, 5.74) is -0.334. The predicted octanol–water partition coefficient (Wildman–Crippen LogP) is 4.80. The van der Waals surface area contributed by atoms with E-state index in [4.69, 9.17) is 0 Å². The number of carbonyl (C=O) groups excluding carboxylic acids is 3. The zero-order valence-electron chi connectivity index (χ0n) is 16.6. The Morgan fingerprint density at radius 1 is 1.00 bits per heavy atom. The van der Waals surface area contributed by atoms with E-state index in [2.05, 4.69) is 5.32 Å². The van der Waals surface area contributed by atoms with Gasteiger partial charge in [0.25, 0.3) is 5.91 Å². The molecule has 31 heavy (non-hydrogen) atoms. The summed E-state index contributed by atoms with van der Waals surface area (Å²) in [5.74, 6) is -2.59. The highest BCUT2D eigenvalue weighted by Gasteiger charge is 2.49. The molecule has 8 heteroatoms. The highest BCUT2D eigenvalue weighted by Crippen LogP contribution is 2.41. The van der Waals surface area contributed by atoms with E-state index in [1.165, 1.54) is 30.3 Å². The van der Waals surface area contributed by atoms with Gasteiger partial charge in [-0.1, -0.05) is 35.9 Å². The van der Waals surface area contributed by atoms with Gasteiger partial charge in [-0.2, -0.15) is 13.2 Å². The second-order valence-corrected chi connectivity index (χ2v) is 7.73. The molecule has 0 saturated carbocycles. The number of imide groups is 1. The van der Waals surface area contributed by atoms with Gasteiger partial charge in [0.2, 0.25) is 11.8 Å². The monoisotopic (exact) mass is 428 g/mol. The molecule has 3 amide bonds. The molecule has 0 radical (unpaired) electrons. The number of nitrogens with zero attached hydrogens (tertiary/aromatic N) is 1. The first-order chi connectivity index (χ1) is 14.7. The number of amides is 3. The molecule has 5 nitrogen and oxygen atoms in total. The van der Waals surface area contributed by atoms with Crippen molar-refractivity contribution < 1.29 is 27.6 Å². The number of para-hydroxylation sites is 2. The van der Waals surface area contributed by atoms with E-state index in [0.717, 1.165) is 22.6 Å². The zero-order chi connectivity index (χ0) is 22.3. The minimum absolute atomic E-state index is 0.0514. The zero-order valence-corrected chi connectivity index (χ0v) is 16.6. The lowest BCUT2D eigenvalue weighted by Gasteiger charge is -2.19. The number of benzene rings is 2. The molecule has 4 rings (SSSR count). The summed E-state index contributed by atoms with van der Waals surface area (Å²) < 4.78 is 39.8. The Morgan fingerprint density at radius 2 is 1.65 bits per heavy atom. The summed E-state index contributed by atoms with van der Waals surface area (Å²) in [6, 6.07) is 10.6. The first-order valence-electron chi connectivity index (χ1n) is 9.78. The number of halogens is 3. The van der Waals surface area contributed by atoms with Crippen molar-refractivity contribution in [3.8, 4) is 0 Å². The lowest BCUT2D eigenvalue weighted by Crippen LogP contribution is -2.33. The van der Waals surface area contributed by atoms with Crippen LogP contribution in [0.2, 0.25) is 0 Å². The topological polar surface area (TPSA) is 66.5 Å². The third kappa shape index (κ3) is 3.73. The highest BCUT2D eigenvalue weighted by atomic mass is 19.4. The Bertz CT molecular complexity index is 1110. The predicted molar refractivity (Wildman–Crippen MR) is 108 cm³/mol. The molecule has 160 valence electrons. The molecule has 1 heterocycles. The maximum absolute atomic E-state index is 13.3. The van der Waals surface area contributed by atoms with Crippen LogP contribution in [0.4, 0.5) is 24.5 Å². The maximum atomic E-state index is 13.3. The SMILES string of the molecule is CC1=CC[C@H]2C(=O)N(c3ccccc3C(=O)Nc3ccccc3C(F)(F)F)C(=O)[C@H]2C1. The summed E-state index contributed by atoms with van der Waals surface area (Å²) >= 11 is 0. The van der Waals surface area contributed by atoms with Crippen LogP contribution in [0.25, 0.3) is 0 Å². The molecule has 1 saturated heterocycles. The number of anilines is 2. The number of hydrogen-bond donors (Lipinski definition) is 1. The molecule has 1 aliphatic heterocycles. The number of allylic oxidation sites excluding steroid dienone is 2. The smallest absolute Gasteiger partial charge is 0.321 e. The average molecular weight is 428 g/mol. The van der Waals surface area contributed by atoms with Crippen LogP contribution in [0.1, 0.15) is 35.7 Å². The molecule has 1 fully saturated rings. The molecular formula is C23H19F3N2O3. The molecule has 0 bridgehead atoms. The first kappa shape index (κ1) is 20.8. The van der Waals surface area contributed by atoms with Crippen molar-refractivity contribution >= 4 is 29.1 Å². The van der Waals surface area contributed by atoms with Crippen molar-refractivity contribution in [1.82, 2.24) is 0 Å². The van der Waals surface area contributed by atoms with Crippen LogP contribution < -0.4 is 10.2 Å². The quantitative estimate of drug-likeness (QED) is 0.564. The molecular weight excluding hydrogens is 409 g/mol. The minimum Gasteiger partial charge on any atom is -0.321 e. The van der Waals surface area contributed by atoms with Crippen LogP contribution >= 0.6 is 0 Å². The largest absolute Gasteiger partial charge is 0.418 e. The molecule has 0 spiro atoms. The van der Waals surface area contributed by atoms with Crippen LogP contribution in [0.15, 0.2) is 60.2 Å². The molecule has 0 unspecified atom stereocenters. The van der Waals surface area contributed by atoms with Crippen molar-refractivity contribution in [3.05, 3.63) is 71.3 Å². The van der Waals surface area contributed by atoms with Gasteiger partial charge in [-0.05, 0) is 44.0 Å². The van der Waals surface area contributed by atoms with Gasteiger partial charge in [0.15, 0.2) is 0 Å². The van der Waals surface area contributed by atoms with E-state index in [1.54, 1.807) is 6.07 Å². The fraction of sp³-hybridized carbons (Fsp3) is 0.261. The summed E-state index contributed by atoms with van der Waals surface area (Å²) in [6.45, 7) is 1.90. The highest BCUT2D eigenvalue weighted by molar-refractivity contribution is 6.25. The van der Waals surface area contributed by atoms with Crippen molar-refractivity contribution in [2.75, 3.05) is 10.2 Å². The Balaban J connectivity index is 1.67. The van der Waals surface area contributed by atoms with Gasteiger partial charge in [-0.25, -0.2) is 4.90 Å². The second kappa shape index (κ2) is 7.68. The normalized spacial score (nSPS) is 21.0. The molecule has 2 aliphatic rings. The summed E-state index contributed by atoms with van der Waals surface area (Å²) in [7, 11) is 0. The fourth-order valence-electron chi connectivity index (χ4n) is 4.16. The molecule has 2 aromatic carbocycles. The minimum atomic E-state index is -4.65. The standard InChI is InChI=1S/C23H19F3N2O3/c1-13-10-11-14-16(12-13)22(31)28(21(14)30)19-9-5-2-6-15(19)20(29)27-18-8-4-3-7-17(18)23(24,25)26/h2-10,14,16H,11-12H2,1H3,(H,27,29)/t14-,16+/m1/s1. The Labute approximate surface area is 176 Å². The van der Waals surface area contributed by atoms with E-state index in [-0.39, 0.29) is 11.3 Å². The molecule has 1 aliphatic carbocycles. The third-order valence-electron chi connectivity index (χ3n) is 5.69. The maximum Gasteiger partial charge on any atom is 0.418 e. The van der Waals surface area contributed by atoms with E-state index in [1.807, 2.05) is 13.0 Å². The lowest BCUT2D eigenvalue weighted by molar-refractivity contribution is -0.137. The van der Waals surface area contributed by atoms with Gasteiger partial charge >= 0.3 is 6.18 Å². The molecule has 2 atom stereocenters. The van der Waals surface area contributed by atoms with Crippen molar-refractivity contribution in [1.29, 1.82) is 0 Å². The van der Waals surface area contributed by atoms with Gasteiger partial charge in [-0.3, -0.25) is 14.4 Å². The van der Waals surface area contributed by atoms with Crippen molar-refractivity contribution in [2.45, 2.75) is 25.9 Å². The Kier molecular flexibility index (Phi) is 5.16. The first-order valence-corrected chi connectivity index (χ1v) is 9.78. The van der Waals surface area contributed by atoms with Gasteiger partial charge in [-0.15, -0.1) is 0 Å². The molecule has 2 aromatic rings. The number of alkyl halides is 3. The van der Waals surface area contributed by atoms with Gasteiger partial charge in [0, 0.05) is 0 Å². The van der Waals surface area contributed by atoms with E-state index in [0.29, 0.717) is 12.8 Å². The van der Waals surface area contributed by atoms with Crippen molar-refractivity contribution in [2.24, 2.45) is 11.8 Å². The molecule has 0 aromatic heterocycles. The van der Waals surface area contributed by atoms with Gasteiger partial charge in [0.05, 0.1) is 34.3 Å². The number of hydrogen-bond acceptors (Lipinski definition) is 3. The third-order valence-corrected chi connectivity index (χ3v) is 5.69. The fourth-order valence-corrected chi connectivity index (χ4v) is 4.16. The second-order valence-electron chi connectivity index (χ2n) is 7.73. The van der Waals surface area contributed by atoms with E-state index < -0.39 is 47.0 Å². The lowest BCUT2D eigenvalue weighted by atomic mass is 9.82. The van der Waals surface area contributed by atoms with Crippen LogP contribution in [0.5, 0.6) is 0 Å². The van der Waals surface area contributed by atoms with Crippen LogP contribution in [-0.2, 0) is 15.8 Å². The van der Waals surface area contributed by atoms with Crippen LogP contribution in [-0.4, -0.2) is 17.7 Å². The van der Waals surface area contributed by atoms with Gasteiger partial charge in [0.1, 0.15) is 0 Å².